The first-order chi connectivity index (χ1) is 13.3. The third kappa shape index (κ3) is 4.00. The van der Waals surface area contributed by atoms with Crippen molar-refractivity contribution in [3.8, 4) is 5.69 Å². The second-order valence-corrected chi connectivity index (χ2v) is 8.20. The minimum absolute atomic E-state index is 0.0970. The molecule has 0 unspecified atom stereocenters. The van der Waals surface area contributed by atoms with Gasteiger partial charge in [-0.15, -0.1) is 4.83 Å². The first-order valence-electron chi connectivity index (χ1n) is 8.99. The zero-order chi connectivity index (χ0) is 20.3. The van der Waals surface area contributed by atoms with E-state index in [1.54, 1.807) is 18.2 Å². The lowest BCUT2D eigenvalue weighted by Gasteiger charge is -2.11. The summed E-state index contributed by atoms with van der Waals surface area (Å²) in [5.74, 6) is -0.510. The van der Waals surface area contributed by atoms with Crippen molar-refractivity contribution in [3.05, 3.63) is 83.2 Å². The Balaban J connectivity index is 1.78. The number of sulfonamides is 1. The van der Waals surface area contributed by atoms with E-state index in [1.165, 1.54) is 12.1 Å². The second-order valence-electron chi connectivity index (χ2n) is 6.51. The molecule has 2 N–H and O–H groups in total. The van der Waals surface area contributed by atoms with Gasteiger partial charge in [0.2, 0.25) is 0 Å². The summed E-state index contributed by atoms with van der Waals surface area (Å²) >= 11 is 0. The van der Waals surface area contributed by atoms with Gasteiger partial charge in [0.1, 0.15) is 0 Å². The van der Waals surface area contributed by atoms with Gasteiger partial charge in [0, 0.05) is 17.1 Å². The quantitative estimate of drug-likeness (QED) is 0.627. The van der Waals surface area contributed by atoms with E-state index >= 15 is 0 Å². The van der Waals surface area contributed by atoms with Crippen LogP contribution in [0.4, 0.5) is 0 Å². The molecule has 0 atom stereocenters. The van der Waals surface area contributed by atoms with Crippen LogP contribution in [-0.2, 0) is 16.4 Å². The molecule has 0 fully saturated rings. The summed E-state index contributed by atoms with van der Waals surface area (Å²) in [5, 5.41) is 0. The Labute approximate surface area is 165 Å². The first kappa shape index (κ1) is 19.9. The molecule has 28 heavy (non-hydrogen) atoms. The third-order valence-corrected chi connectivity index (χ3v) is 5.89. The van der Waals surface area contributed by atoms with Crippen LogP contribution in [0.2, 0.25) is 0 Å². The number of hydrogen-bond donors (Lipinski definition) is 2. The number of hydrazine groups is 1. The minimum Gasteiger partial charge on any atom is -0.318 e. The molecule has 0 spiro atoms. The van der Waals surface area contributed by atoms with E-state index in [4.69, 9.17) is 0 Å². The van der Waals surface area contributed by atoms with Gasteiger partial charge < -0.3 is 4.57 Å². The van der Waals surface area contributed by atoms with Crippen LogP contribution in [0.25, 0.3) is 5.69 Å². The Kier molecular flexibility index (Phi) is 5.67. The van der Waals surface area contributed by atoms with Gasteiger partial charge in [-0.05, 0) is 56.2 Å². The van der Waals surface area contributed by atoms with Crippen LogP contribution >= 0.6 is 0 Å². The number of carbonyl (C=O) groups excluding carboxylic acids is 1. The molecule has 3 aromatic rings. The Morgan fingerprint density at radius 2 is 1.64 bits per heavy atom. The molecule has 146 valence electrons. The van der Waals surface area contributed by atoms with Crippen LogP contribution < -0.4 is 10.3 Å². The van der Waals surface area contributed by atoms with Crippen molar-refractivity contribution in [2.24, 2.45) is 0 Å². The topological polar surface area (TPSA) is 80.2 Å². The number of nitrogens with zero attached hydrogens (tertiary/aromatic N) is 1. The first-order valence-corrected chi connectivity index (χ1v) is 10.5. The lowest BCUT2D eigenvalue weighted by atomic mass is 10.2. The molecule has 0 aliphatic rings. The molecule has 2 aromatic carbocycles. The number of benzene rings is 2. The van der Waals surface area contributed by atoms with E-state index in [2.05, 4.69) is 10.3 Å². The van der Waals surface area contributed by atoms with Crippen molar-refractivity contribution in [1.29, 1.82) is 0 Å². The summed E-state index contributed by atoms with van der Waals surface area (Å²) in [6, 6.07) is 18.0. The van der Waals surface area contributed by atoms with Gasteiger partial charge in [-0.3, -0.25) is 10.2 Å². The molecule has 7 heteroatoms. The summed E-state index contributed by atoms with van der Waals surface area (Å²) in [5.41, 5.74) is 6.30. The van der Waals surface area contributed by atoms with E-state index in [9.17, 15) is 13.2 Å². The number of nitrogens with one attached hydrogen (secondary N) is 2. The highest BCUT2D eigenvalue weighted by Gasteiger charge is 2.19. The highest BCUT2D eigenvalue weighted by molar-refractivity contribution is 7.89. The van der Waals surface area contributed by atoms with Crippen LogP contribution in [0.5, 0.6) is 0 Å². The van der Waals surface area contributed by atoms with Crippen molar-refractivity contribution in [3.63, 3.8) is 0 Å². The van der Waals surface area contributed by atoms with Gasteiger partial charge in [-0.25, -0.2) is 8.42 Å². The number of aromatic nitrogens is 1. The van der Waals surface area contributed by atoms with E-state index in [-0.39, 0.29) is 4.90 Å². The van der Waals surface area contributed by atoms with Crippen LogP contribution in [0.3, 0.4) is 0 Å². The number of carbonyl (C=O) groups is 1. The van der Waals surface area contributed by atoms with Crippen molar-refractivity contribution in [1.82, 2.24) is 14.8 Å². The maximum absolute atomic E-state index is 12.6. The Morgan fingerprint density at radius 3 is 2.25 bits per heavy atom. The molecule has 1 aromatic heterocycles. The van der Waals surface area contributed by atoms with Crippen LogP contribution in [0, 0.1) is 13.8 Å². The van der Waals surface area contributed by atoms with Crippen molar-refractivity contribution >= 4 is 15.9 Å². The average molecular weight is 398 g/mol. The van der Waals surface area contributed by atoms with Gasteiger partial charge in [-0.1, -0.05) is 37.3 Å². The monoisotopic (exact) mass is 397 g/mol. The normalized spacial score (nSPS) is 11.4. The number of hydrogen-bond acceptors (Lipinski definition) is 3. The fraction of sp³-hybridized carbons (Fsp3) is 0.190. The van der Waals surface area contributed by atoms with Crippen molar-refractivity contribution < 1.29 is 13.2 Å². The minimum atomic E-state index is -3.85. The number of para-hydroxylation sites is 1. The molecule has 1 amide bonds. The fourth-order valence-electron chi connectivity index (χ4n) is 3.11. The van der Waals surface area contributed by atoms with Gasteiger partial charge in [-0.2, -0.15) is 0 Å². The van der Waals surface area contributed by atoms with Crippen molar-refractivity contribution in [2.75, 3.05) is 0 Å². The summed E-state index contributed by atoms with van der Waals surface area (Å²) in [6.45, 7) is 5.72. The van der Waals surface area contributed by atoms with Crippen LogP contribution in [-0.4, -0.2) is 18.9 Å². The summed E-state index contributed by atoms with van der Waals surface area (Å²) in [6.07, 6.45) is 0.821. The molecular formula is C21H23N3O3S. The third-order valence-electron chi connectivity index (χ3n) is 4.63. The molecule has 0 aliphatic heterocycles. The Morgan fingerprint density at radius 1 is 1.00 bits per heavy atom. The van der Waals surface area contributed by atoms with E-state index < -0.39 is 15.9 Å². The lowest BCUT2D eigenvalue weighted by Crippen LogP contribution is -2.41. The molecule has 3 rings (SSSR count). The van der Waals surface area contributed by atoms with E-state index in [0.717, 1.165) is 29.1 Å². The van der Waals surface area contributed by atoms with E-state index in [0.29, 0.717) is 5.56 Å². The van der Waals surface area contributed by atoms with E-state index in [1.807, 2.05) is 55.7 Å². The highest BCUT2D eigenvalue weighted by Crippen LogP contribution is 2.20. The number of aryl methyl sites for hydroxylation is 2. The maximum Gasteiger partial charge on any atom is 0.268 e. The molecule has 6 nitrogen and oxygen atoms in total. The Hall–Kier alpha value is -2.90. The van der Waals surface area contributed by atoms with Gasteiger partial charge in [0.15, 0.2) is 0 Å². The van der Waals surface area contributed by atoms with Gasteiger partial charge in [0.05, 0.1) is 10.5 Å². The van der Waals surface area contributed by atoms with Crippen LogP contribution in [0.1, 0.15) is 34.2 Å². The molecule has 0 bridgehead atoms. The second kappa shape index (κ2) is 8.00. The molecular weight excluding hydrogens is 374 g/mol. The molecule has 0 aliphatic carbocycles. The number of rotatable bonds is 6. The predicted octanol–water partition coefficient (Wildman–Crippen LogP) is 3.28. The average Bonchev–Trinajstić information content (AvgIpc) is 3.01. The van der Waals surface area contributed by atoms with Gasteiger partial charge >= 0.3 is 0 Å². The smallest absolute Gasteiger partial charge is 0.268 e. The molecule has 1 heterocycles. The zero-order valence-corrected chi connectivity index (χ0v) is 16.9. The summed E-state index contributed by atoms with van der Waals surface area (Å²) in [4.78, 5) is 14.9. The largest absolute Gasteiger partial charge is 0.318 e. The van der Waals surface area contributed by atoms with Crippen LogP contribution in [0.15, 0.2) is 65.6 Å². The molecule has 0 saturated heterocycles. The number of amides is 1. The standard InChI is InChI=1S/C21H23N3O3S/c1-4-17-10-12-19(13-11-17)28(26,27)23-22-21(25)20-14-15(2)24(16(20)3)18-8-6-5-7-9-18/h5-14,23H,4H2,1-3H3,(H,22,25). The van der Waals surface area contributed by atoms with Crippen molar-refractivity contribution in [2.45, 2.75) is 32.1 Å². The van der Waals surface area contributed by atoms with Gasteiger partial charge in [0.25, 0.3) is 15.9 Å². The molecule has 0 saturated carbocycles. The predicted molar refractivity (Wildman–Crippen MR) is 109 cm³/mol. The maximum atomic E-state index is 12.6. The fourth-order valence-corrected chi connectivity index (χ4v) is 3.95. The Bertz CT molecular complexity index is 1090. The summed E-state index contributed by atoms with van der Waals surface area (Å²) in [7, 11) is -3.85. The lowest BCUT2D eigenvalue weighted by molar-refractivity contribution is 0.0944. The zero-order valence-electron chi connectivity index (χ0n) is 16.1. The molecule has 0 radical (unpaired) electrons. The SMILES string of the molecule is CCc1ccc(S(=O)(=O)NNC(=O)c2cc(C)n(-c3ccccc3)c2C)cc1. The highest BCUT2D eigenvalue weighted by atomic mass is 32.2. The summed E-state index contributed by atoms with van der Waals surface area (Å²) < 4.78 is 26.8.